The topological polar surface area (TPSA) is 52.6 Å². The van der Waals surface area contributed by atoms with Crippen LogP contribution in [0.25, 0.3) is 0 Å². The number of phenols is 1. The van der Waals surface area contributed by atoms with Crippen LogP contribution >= 0.6 is 0 Å². The Kier molecular flexibility index (Phi) is 3.29. The maximum absolute atomic E-state index is 11.7. The molecule has 4 nitrogen and oxygen atoms in total. The number of nitrogens with zero attached hydrogens (tertiary/aromatic N) is 1. The number of para-hydroxylation sites is 1. The van der Waals surface area contributed by atoms with Gasteiger partial charge in [0.2, 0.25) is 0 Å². The molecule has 0 unspecified atom stereocenters. The molecule has 1 heterocycles. The van der Waals surface area contributed by atoms with Gasteiger partial charge in [0.05, 0.1) is 0 Å². The standard InChI is InChI=1S/C12H16N2O2/c15-11-6-2-1-5-10(11)9-13-12(16)14-7-3-4-8-14/h1-2,5-6,15H,3-4,7-9H2,(H,13,16). The number of rotatable bonds is 2. The molecule has 0 bridgehead atoms. The van der Waals surface area contributed by atoms with Crippen molar-refractivity contribution in [3.05, 3.63) is 29.8 Å². The summed E-state index contributed by atoms with van der Waals surface area (Å²) in [6.07, 6.45) is 2.17. The van der Waals surface area contributed by atoms with E-state index in [1.54, 1.807) is 23.1 Å². The van der Waals surface area contributed by atoms with Crippen molar-refractivity contribution < 1.29 is 9.90 Å². The summed E-state index contributed by atoms with van der Waals surface area (Å²) in [6, 6.07) is 7.00. The minimum atomic E-state index is -0.0410. The number of amides is 2. The van der Waals surface area contributed by atoms with Crippen LogP contribution in [0.1, 0.15) is 18.4 Å². The predicted octanol–water partition coefficient (Wildman–Crippen LogP) is 1.70. The number of carbonyl (C=O) groups excluding carboxylic acids is 1. The fraction of sp³-hybridized carbons (Fsp3) is 0.417. The van der Waals surface area contributed by atoms with Gasteiger partial charge in [-0.15, -0.1) is 0 Å². The van der Waals surface area contributed by atoms with E-state index in [1.165, 1.54) is 0 Å². The van der Waals surface area contributed by atoms with Crippen molar-refractivity contribution in [2.24, 2.45) is 0 Å². The third-order valence-electron chi connectivity index (χ3n) is 2.81. The summed E-state index contributed by atoms with van der Waals surface area (Å²) in [5, 5.41) is 12.3. The first-order valence-electron chi connectivity index (χ1n) is 5.57. The van der Waals surface area contributed by atoms with Crippen LogP contribution < -0.4 is 5.32 Å². The van der Waals surface area contributed by atoms with E-state index in [0.29, 0.717) is 6.54 Å². The first kappa shape index (κ1) is 10.8. The van der Waals surface area contributed by atoms with E-state index in [-0.39, 0.29) is 11.8 Å². The summed E-state index contributed by atoms with van der Waals surface area (Å²) in [5.74, 6) is 0.226. The highest BCUT2D eigenvalue weighted by Crippen LogP contribution is 2.15. The first-order chi connectivity index (χ1) is 7.77. The van der Waals surface area contributed by atoms with E-state index in [2.05, 4.69) is 5.32 Å². The van der Waals surface area contributed by atoms with Crippen molar-refractivity contribution in [2.45, 2.75) is 19.4 Å². The Morgan fingerprint density at radius 1 is 1.31 bits per heavy atom. The minimum Gasteiger partial charge on any atom is -0.508 e. The van der Waals surface area contributed by atoms with Crippen LogP contribution in [0.4, 0.5) is 4.79 Å². The molecule has 0 saturated carbocycles. The number of hydrogen-bond donors (Lipinski definition) is 2. The Bertz CT molecular complexity index is 373. The second-order valence-electron chi connectivity index (χ2n) is 3.98. The van der Waals surface area contributed by atoms with Gasteiger partial charge in [-0.1, -0.05) is 18.2 Å². The third kappa shape index (κ3) is 2.45. The summed E-state index contributed by atoms with van der Waals surface area (Å²) in [6.45, 7) is 2.06. The van der Waals surface area contributed by atoms with E-state index < -0.39 is 0 Å². The molecule has 4 heteroatoms. The van der Waals surface area contributed by atoms with Crippen molar-refractivity contribution in [1.29, 1.82) is 0 Å². The van der Waals surface area contributed by atoms with Gasteiger partial charge < -0.3 is 15.3 Å². The number of hydrogen-bond acceptors (Lipinski definition) is 2. The number of nitrogens with one attached hydrogen (secondary N) is 1. The molecule has 16 heavy (non-hydrogen) atoms. The van der Waals surface area contributed by atoms with Gasteiger partial charge in [0.1, 0.15) is 5.75 Å². The van der Waals surface area contributed by atoms with E-state index in [9.17, 15) is 9.90 Å². The second kappa shape index (κ2) is 4.88. The number of likely N-dealkylation sites (tertiary alicyclic amines) is 1. The SMILES string of the molecule is O=C(NCc1ccccc1O)N1CCCC1. The van der Waals surface area contributed by atoms with Crippen molar-refractivity contribution in [1.82, 2.24) is 10.2 Å². The highest BCUT2D eigenvalue weighted by atomic mass is 16.3. The monoisotopic (exact) mass is 220 g/mol. The largest absolute Gasteiger partial charge is 0.508 e. The number of urea groups is 1. The fourth-order valence-electron chi connectivity index (χ4n) is 1.86. The van der Waals surface area contributed by atoms with Crippen LogP contribution in [0, 0.1) is 0 Å². The molecule has 1 aliphatic heterocycles. The van der Waals surface area contributed by atoms with Gasteiger partial charge in [0.25, 0.3) is 0 Å². The molecule has 2 amide bonds. The number of carbonyl (C=O) groups is 1. The molecule has 1 aliphatic rings. The van der Waals surface area contributed by atoms with E-state index >= 15 is 0 Å². The van der Waals surface area contributed by atoms with Crippen LogP contribution in [0.15, 0.2) is 24.3 Å². The lowest BCUT2D eigenvalue weighted by Crippen LogP contribution is -2.37. The Morgan fingerprint density at radius 3 is 2.69 bits per heavy atom. The Labute approximate surface area is 94.9 Å². The summed E-state index contributed by atoms with van der Waals surface area (Å²) < 4.78 is 0. The summed E-state index contributed by atoms with van der Waals surface area (Å²) in [5.41, 5.74) is 0.745. The zero-order valence-electron chi connectivity index (χ0n) is 9.15. The number of phenolic OH excluding ortho intramolecular Hbond substituents is 1. The van der Waals surface area contributed by atoms with Gasteiger partial charge in [0, 0.05) is 25.2 Å². The van der Waals surface area contributed by atoms with Gasteiger partial charge in [-0.05, 0) is 18.9 Å². The van der Waals surface area contributed by atoms with Gasteiger partial charge in [0.15, 0.2) is 0 Å². The number of benzene rings is 1. The third-order valence-corrected chi connectivity index (χ3v) is 2.81. The maximum Gasteiger partial charge on any atom is 0.317 e. The second-order valence-corrected chi connectivity index (χ2v) is 3.98. The summed E-state index contributed by atoms with van der Waals surface area (Å²) in [4.78, 5) is 13.5. The zero-order valence-corrected chi connectivity index (χ0v) is 9.15. The molecule has 0 radical (unpaired) electrons. The minimum absolute atomic E-state index is 0.0410. The van der Waals surface area contributed by atoms with Crippen LogP contribution in [0.5, 0.6) is 5.75 Å². The smallest absolute Gasteiger partial charge is 0.317 e. The molecule has 0 spiro atoms. The van der Waals surface area contributed by atoms with E-state index in [1.807, 2.05) is 6.07 Å². The summed E-state index contributed by atoms with van der Waals surface area (Å²) in [7, 11) is 0. The lowest BCUT2D eigenvalue weighted by atomic mass is 10.2. The van der Waals surface area contributed by atoms with Gasteiger partial charge in [-0.2, -0.15) is 0 Å². The van der Waals surface area contributed by atoms with E-state index in [4.69, 9.17) is 0 Å². The lowest BCUT2D eigenvalue weighted by molar-refractivity contribution is 0.208. The zero-order chi connectivity index (χ0) is 11.4. The quantitative estimate of drug-likeness (QED) is 0.797. The van der Waals surface area contributed by atoms with Crippen LogP contribution in [0.3, 0.4) is 0 Å². The average Bonchev–Trinajstić information content (AvgIpc) is 2.81. The van der Waals surface area contributed by atoms with Crippen molar-refractivity contribution in [3.8, 4) is 5.75 Å². The van der Waals surface area contributed by atoms with E-state index in [0.717, 1.165) is 31.5 Å². The van der Waals surface area contributed by atoms with Gasteiger partial charge in [-0.3, -0.25) is 0 Å². The first-order valence-corrected chi connectivity index (χ1v) is 5.57. The summed E-state index contributed by atoms with van der Waals surface area (Å²) >= 11 is 0. The molecule has 0 aromatic heterocycles. The molecule has 1 saturated heterocycles. The number of aromatic hydroxyl groups is 1. The molecule has 2 rings (SSSR count). The van der Waals surface area contributed by atoms with Crippen LogP contribution in [-0.4, -0.2) is 29.1 Å². The van der Waals surface area contributed by atoms with Gasteiger partial charge >= 0.3 is 6.03 Å². The molecule has 86 valence electrons. The predicted molar refractivity (Wildman–Crippen MR) is 61.1 cm³/mol. The van der Waals surface area contributed by atoms with Crippen molar-refractivity contribution in [2.75, 3.05) is 13.1 Å². The molecule has 2 N–H and O–H groups in total. The normalized spacial score (nSPS) is 15.1. The average molecular weight is 220 g/mol. The maximum atomic E-state index is 11.7. The van der Waals surface area contributed by atoms with Crippen LogP contribution in [0.2, 0.25) is 0 Å². The molecule has 0 atom stereocenters. The highest BCUT2D eigenvalue weighted by Gasteiger charge is 2.17. The van der Waals surface area contributed by atoms with Gasteiger partial charge in [-0.25, -0.2) is 4.79 Å². The highest BCUT2D eigenvalue weighted by molar-refractivity contribution is 5.74. The van der Waals surface area contributed by atoms with Crippen molar-refractivity contribution in [3.63, 3.8) is 0 Å². The molecular weight excluding hydrogens is 204 g/mol. The Hall–Kier alpha value is -1.71. The fourth-order valence-corrected chi connectivity index (χ4v) is 1.86. The molecule has 1 fully saturated rings. The Balaban J connectivity index is 1.87. The molecule has 1 aromatic rings. The van der Waals surface area contributed by atoms with Crippen molar-refractivity contribution >= 4 is 6.03 Å². The molecule has 0 aliphatic carbocycles. The van der Waals surface area contributed by atoms with Crippen LogP contribution in [-0.2, 0) is 6.54 Å². The molecular formula is C12H16N2O2. The lowest BCUT2D eigenvalue weighted by Gasteiger charge is -2.16. The molecule has 1 aromatic carbocycles. The Morgan fingerprint density at radius 2 is 2.00 bits per heavy atom.